The number of nitrogens with zero attached hydrogens (tertiary/aromatic N) is 4. The van der Waals surface area contributed by atoms with Crippen LogP contribution in [-0.2, 0) is 9.53 Å². The predicted octanol–water partition coefficient (Wildman–Crippen LogP) is 0.0750. The van der Waals surface area contributed by atoms with Gasteiger partial charge in [-0.25, -0.2) is 0 Å². The third-order valence-corrected chi connectivity index (χ3v) is 9.76. The van der Waals surface area contributed by atoms with Gasteiger partial charge in [0, 0.05) is 0 Å². The Balaban J connectivity index is 1.53. The molecule has 2 fully saturated rings. The van der Waals surface area contributed by atoms with E-state index in [0.29, 0.717) is 30.4 Å². The van der Waals surface area contributed by atoms with Crippen molar-refractivity contribution < 1.29 is 24.9 Å². The number of nitrogens with two attached hydrogens (primary N) is 2. The molecular formula is C19H28N6O5Se. The molecule has 11 nitrogen and oxygen atoms in total. The van der Waals surface area contributed by atoms with Gasteiger partial charge in [-0.15, -0.1) is 0 Å². The van der Waals surface area contributed by atoms with Crippen LogP contribution in [0.5, 0.6) is 0 Å². The quantitative estimate of drug-likeness (QED) is 0.327. The Hall–Kier alpha value is -1.82. The number of anilines is 1. The van der Waals surface area contributed by atoms with E-state index in [9.17, 15) is 15.0 Å². The van der Waals surface area contributed by atoms with Crippen LogP contribution in [0.25, 0.3) is 11.2 Å². The zero-order chi connectivity index (χ0) is 22.2. The Labute approximate surface area is 185 Å². The van der Waals surface area contributed by atoms with E-state index in [1.807, 2.05) is 0 Å². The molecule has 12 heteroatoms. The van der Waals surface area contributed by atoms with E-state index < -0.39 is 36.6 Å². The van der Waals surface area contributed by atoms with Gasteiger partial charge in [0.15, 0.2) is 0 Å². The summed E-state index contributed by atoms with van der Waals surface area (Å²) in [4.78, 5) is 23.5. The van der Waals surface area contributed by atoms with E-state index in [0.717, 1.165) is 24.6 Å². The van der Waals surface area contributed by atoms with Crippen molar-refractivity contribution in [3.63, 3.8) is 0 Å². The van der Waals surface area contributed by atoms with E-state index in [4.69, 9.17) is 21.3 Å². The summed E-state index contributed by atoms with van der Waals surface area (Å²) in [7, 11) is 0. The Morgan fingerprint density at radius 2 is 2.13 bits per heavy atom. The van der Waals surface area contributed by atoms with Gasteiger partial charge in [-0.2, -0.15) is 0 Å². The summed E-state index contributed by atoms with van der Waals surface area (Å²) < 4.78 is 7.61. The Morgan fingerprint density at radius 1 is 1.32 bits per heavy atom. The SMILES string of the molecule is Nc1ncnc2c1ncn2[C@@H]1O[C@@H](CC2(CC[C@@H](N)C(=O)O)CCCC[Se]2)[C@@H](O)C1O. The number of hydrogen-bond acceptors (Lipinski definition) is 9. The fourth-order valence-electron chi connectivity index (χ4n) is 4.46. The summed E-state index contributed by atoms with van der Waals surface area (Å²) in [5, 5.41) is 31.8. The topological polar surface area (TPSA) is 183 Å². The molecule has 6 atom stereocenters. The summed E-state index contributed by atoms with van der Waals surface area (Å²) in [6.07, 6.45) is 3.89. The van der Waals surface area contributed by atoms with Gasteiger partial charge in [0.2, 0.25) is 0 Å². The molecule has 2 unspecified atom stereocenters. The molecule has 2 aromatic rings. The normalized spacial score (nSPS) is 32.4. The number of carboxylic acids is 1. The van der Waals surface area contributed by atoms with E-state index in [-0.39, 0.29) is 25.1 Å². The molecule has 0 aliphatic carbocycles. The Kier molecular flexibility index (Phi) is 6.47. The molecule has 0 saturated carbocycles. The molecule has 2 saturated heterocycles. The van der Waals surface area contributed by atoms with Gasteiger partial charge in [0.05, 0.1) is 0 Å². The van der Waals surface area contributed by atoms with Crippen LogP contribution in [0.3, 0.4) is 0 Å². The molecule has 0 spiro atoms. The summed E-state index contributed by atoms with van der Waals surface area (Å²) in [6, 6.07) is -0.898. The van der Waals surface area contributed by atoms with Crippen molar-refractivity contribution in [3.05, 3.63) is 12.7 Å². The van der Waals surface area contributed by atoms with Gasteiger partial charge < -0.3 is 0 Å². The van der Waals surface area contributed by atoms with Crippen LogP contribution in [0.4, 0.5) is 5.82 Å². The first-order valence-corrected chi connectivity index (χ1v) is 12.4. The van der Waals surface area contributed by atoms with Gasteiger partial charge >= 0.3 is 185 Å². The number of carbonyl (C=O) groups is 1. The van der Waals surface area contributed by atoms with Crippen molar-refractivity contribution in [2.24, 2.45) is 5.73 Å². The Morgan fingerprint density at radius 3 is 2.84 bits per heavy atom. The minimum atomic E-state index is -1.16. The monoisotopic (exact) mass is 500 g/mol. The molecule has 31 heavy (non-hydrogen) atoms. The first kappa shape index (κ1) is 22.4. The zero-order valence-corrected chi connectivity index (χ0v) is 18.7. The van der Waals surface area contributed by atoms with E-state index in [1.165, 1.54) is 12.7 Å². The van der Waals surface area contributed by atoms with Crippen LogP contribution in [0.1, 0.15) is 44.8 Å². The Bertz CT molecular complexity index is 936. The molecule has 4 rings (SSSR count). The van der Waals surface area contributed by atoms with Crippen LogP contribution in [0.2, 0.25) is 9.63 Å². The average Bonchev–Trinajstić information content (AvgIpc) is 3.30. The van der Waals surface area contributed by atoms with Crippen molar-refractivity contribution in [2.45, 2.75) is 78.7 Å². The fourth-order valence-corrected chi connectivity index (χ4v) is 7.85. The minimum absolute atomic E-state index is 0.109. The van der Waals surface area contributed by atoms with Crippen LogP contribution in [0.15, 0.2) is 12.7 Å². The number of carboxylic acid groups (broad SMARTS) is 1. The molecule has 2 aliphatic rings. The van der Waals surface area contributed by atoms with Gasteiger partial charge in [-0.05, 0) is 0 Å². The molecule has 2 aromatic heterocycles. The van der Waals surface area contributed by atoms with Crippen molar-refractivity contribution >= 4 is 37.9 Å². The third kappa shape index (κ3) is 4.41. The van der Waals surface area contributed by atoms with Crippen LogP contribution in [0, 0.1) is 0 Å². The number of hydrogen-bond donors (Lipinski definition) is 5. The summed E-state index contributed by atoms with van der Waals surface area (Å²) in [5.74, 6) is -0.772. The molecule has 4 heterocycles. The first-order chi connectivity index (χ1) is 14.8. The fraction of sp³-hybridized carbons (Fsp3) is 0.684. The summed E-state index contributed by atoms with van der Waals surface area (Å²) in [5.41, 5.74) is 12.4. The summed E-state index contributed by atoms with van der Waals surface area (Å²) in [6.45, 7) is 0. The predicted molar refractivity (Wildman–Crippen MR) is 112 cm³/mol. The second kappa shape index (κ2) is 8.97. The molecule has 2 aliphatic heterocycles. The van der Waals surface area contributed by atoms with Crippen molar-refractivity contribution in [1.82, 2.24) is 19.5 Å². The number of rotatable bonds is 7. The molecular weight excluding hydrogens is 471 g/mol. The molecule has 0 aromatic carbocycles. The number of imidazole rings is 1. The zero-order valence-electron chi connectivity index (χ0n) is 17.0. The van der Waals surface area contributed by atoms with Crippen molar-refractivity contribution in [1.29, 1.82) is 0 Å². The van der Waals surface area contributed by atoms with Crippen LogP contribution in [-0.4, -0.2) is 80.1 Å². The van der Waals surface area contributed by atoms with Gasteiger partial charge in [-0.3, -0.25) is 0 Å². The molecule has 170 valence electrons. The molecule has 0 bridgehead atoms. The number of aliphatic hydroxyl groups is 2. The van der Waals surface area contributed by atoms with Crippen molar-refractivity contribution in [2.75, 3.05) is 5.73 Å². The maximum absolute atomic E-state index is 11.2. The van der Waals surface area contributed by atoms with E-state index in [1.54, 1.807) is 4.57 Å². The van der Waals surface area contributed by atoms with Gasteiger partial charge in [-0.1, -0.05) is 0 Å². The van der Waals surface area contributed by atoms with E-state index >= 15 is 0 Å². The third-order valence-electron chi connectivity index (χ3n) is 6.23. The standard InChI is InChI=1S/C19H28N6O5Se/c20-10(18(28)29)3-5-19(4-1-2-6-31-19)7-11-13(26)14(27)17(30-11)25-9-24-12-15(21)22-8-23-16(12)25/h8-11,13-14,17,26-27H,1-7,20H2,(H,28,29)(H2,21,22,23)/t10-,11+,13-,14?,17-,19?/m1/s1. The van der Waals surface area contributed by atoms with E-state index in [2.05, 4.69) is 15.0 Å². The first-order valence-electron chi connectivity index (χ1n) is 10.4. The number of nitrogen functional groups attached to an aromatic ring is 1. The van der Waals surface area contributed by atoms with Gasteiger partial charge in [0.25, 0.3) is 0 Å². The number of aliphatic hydroxyl groups excluding tert-OH is 2. The van der Waals surface area contributed by atoms with Crippen LogP contribution >= 0.6 is 0 Å². The number of ether oxygens (including phenoxy) is 1. The number of fused-ring (bicyclic) bond motifs is 1. The molecule has 0 radical (unpaired) electrons. The van der Waals surface area contributed by atoms with Crippen LogP contribution < -0.4 is 11.5 Å². The molecule has 7 N–H and O–H groups in total. The maximum atomic E-state index is 11.2. The number of aliphatic carboxylic acids is 1. The average molecular weight is 499 g/mol. The second-order valence-corrected chi connectivity index (χ2v) is 11.6. The van der Waals surface area contributed by atoms with Gasteiger partial charge in [0.1, 0.15) is 0 Å². The summed E-state index contributed by atoms with van der Waals surface area (Å²) >= 11 is 0.277. The van der Waals surface area contributed by atoms with Crippen molar-refractivity contribution in [3.8, 4) is 0 Å². The molecule has 0 amide bonds. The number of aromatic nitrogens is 4. The second-order valence-electron chi connectivity index (χ2n) is 8.31.